The van der Waals surface area contributed by atoms with Crippen LogP contribution in [-0.4, -0.2) is 47.4 Å². The molecule has 0 saturated heterocycles. The zero-order valence-electron chi connectivity index (χ0n) is 19.4. The van der Waals surface area contributed by atoms with E-state index in [1.165, 1.54) is 19.2 Å². The summed E-state index contributed by atoms with van der Waals surface area (Å²) in [5.41, 5.74) is 2.42. The maximum atomic E-state index is 13.6. The van der Waals surface area contributed by atoms with E-state index in [-0.39, 0.29) is 4.90 Å². The van der Waals surface area contributed by atoms with Gasteiger partial charge in [-0.3, -0.25) is 4.72 Å². The van der Waals surface area contributed by atoms with Crippen LogP contribution in [0.25, 0.3) is 0 Å². The summed E-state index contributed by atoms with van der Waals surface area (Å²) in [7, 11) is -4.32. The van der Waals surface area contributed by atoms with Crippen LogP contribution >= 0.6 is 0 Å². The molecule has 184 valence electrons. The lowest BCUT2D eigenvalue weighted by Gasteiger charge is -2.23. The number of ether oxygens (including phenoxy) is 2. The van der Waals surface area contributed by atoms with E-state index in [9.17, 15) is 16.8 Å². The van der Waals surface area contributed by atoms with Crippen LogP contribution in [-0.2, 0) is 20.0 Å². The fraction of sp³-hybridized carbons (Fsp3) is 0.208. The first-order valence-electron chi connectivity index (χ1n) is 10.6. The van der Waals surface area contributed by atoms with Gasteiger partial charge in [-0.25, -0.2) is 8.42 Å². The van der Waals surface area contributed by atoms with E-state index >= 15 is 0 Å². The van der Waals surface area contributed by atoms with Gasteiger partial charge in [-0.15, -0.1) is 0 Å². The van der Waals surface area contributed by atoms with Crippen molar-refractivity contribution in [3.8, 4) is 11.5 Å². The summed E-state index contributed by atoms with van der Waals surface area (Å²) in [6, 6.07) is 19.4. The van der Waals surface area contributed by atoms with Crippen molar-refractivity contribution in [2.45, 2.75) is 17.4 Å². The third-order valence-corrected chi connectivity index (χ3v) is 7.80. The smallest absolute Gasteiger partial charge is 0.279 e. The van der Waals surface area contributed by atoms with E-state index in [1.54, 1.807) is 55.6 Å². The van der Waals surface area contributed by atoms with Crippen molar-refractivity contribution in [3.63, 3.8) is 0 Å². The van der Waals surface area contributed by atoms with Gasteiger partial charge in [0, 0.05) is 12.1 Å². The molecule has 3 aromatic carbocycles. The molecule has 1 aliphatic heterocycles. The summed E-state index contributed by atoms with van der Waals surface area (Å²) in [5.74, 6) is 1.20. The van der Waals surface area contributed by atoms with Crippen LogP contribution in [0.15, 0.2) is 82.8 Å². The van der Waals surface area contributed by atoms with Gasteiger partial charge in [0.15, 0.2) is 0 Å². The summed E-state index contributed by atoms with van der Waals surface area (Å²) >= 11 is 0. The number of hydrogen-bond donors (Lipinski definition) is 1. The molecule has 35 heavy (non-hydrogen) atoms. The standard InChI is InChI=1S/C24H25N3O6S2/c1-32-20-10-6-18(7-11-20)24-16-23(17-4-8-19(9-5-17)26-34(3,28)29)25-27(24)35(30,31)22-14-12-21(33-2)13-15-22/h4-15,24,26H,16H2,1-3H3. The van der Waals surface area contributed by atoms with Gasteiger partial charge in [0.1, 0.15) is 11.5 Å². The maximum Gasteiger partial charge on any atom is 0.279 e. The van der Waals surface area contributed by atoms with Crippen molar-refractivity contribution in [2.24, 2.45) is 5.10 Å². The average molecular weight is 516 g/mol. The summed E-state index contributed by atoms with van der Waals surface area (Å²) in [4.78, 5) is 0.0921. The number of sulfonamides is 2. The Morgan fingerprint density at radius 3 is 1.89 bits per heavy atom. The Labute approximate surface area is 205 Å². The fourth-order valence-corrected chi connectivity index (χ4v) is 5.76. The number of rotatable bonds is 8. The summed E-state index contributed by atoms with van der Waals surface area (Å²) in [5, 5.41) is 4.51. The molecule has 0 amide bonds. The fourth-order valence-electron chi connectivity index (χ4n) is 3.76. The summed E-state index contributed by atoms with van der Waals surface area (Å²) in [6.45, 7) is 0. The Morgan fingerprint density at radius 2 is 1.37 bits per heavy atom. The van der Waals surface area contributed by atoms with Gasteiger partial charge in [0.25, 0.3) is 10.0 Å². The molecular weight excluding hydrogens is 490 g/mol. The second-order valence-electron chi connectivity index (χ2n) is 7.94. The highest BCUT2D eigenvalue weighted by molar-refractivity contribution is 7.92. The Balaban J connectivity index is 1.72. The summed E-state index contributed by atoms with van der Waals surface area (Å²) < 4.78 is 64.1. The van der Waals surface area contributed by atoms with Gasteiger partial charge < -0.3 is 9.47 Å². The quantitative estimate of drug-likeness (QED) is 0.490. The largest absolute Gasteiger partial charge is 0.497 e. The molecule has 1 unspecified atom stereocenters. The van der Waals surface area contributed by atoms with Crippen molar-refractivity contribution in [2.75, 3.05) is 25.2 Å². The van der Waals surface area contributed by atoms with Gasteiger partial charge in [-0.2, -0.15) is 17.9 Å². The van der Waals surface area contributed by atoms with E-state index < -0.39 is 26.1 Å². The van der Waals surface area contributed by atoms with Crippen LogP contribution in [0.1, 0.15) is 23.6 Å². The molecule has 11 heteroatoms. The van der Waals surface area contributed by atoms with Gasteiger partial charge in [-0.05, 0) is 59.7 Å². The minimum Gasteiger partial charge on any atom is -0.497 e. The summed E-state index contributed by atoms with van der Waals surface area (Å²) in [6.07, 6.45) is 1.41. The van der Waals surface area contributed by atoms with Crippen molar-refractivity contribution in [3.05, 3.63) is 83.9 Å². The van der Waals surface area contributed by atoms with E-state index in [0.717, 1.165) is 16.2 Å². The van der Waals surface area contributed by atoms with Crippen LogP contribution in [0.3, 0.4) is 0 Å². The highest BCUT2D eigenvalue weighted by Gasteiger charge is 2.37. The second kappa shape index (κ2) is 9.59. The molecule has 0 bridgehead atoms. The SMILES string of the molecule is COc1ccc(C2CC(c3ccc(NS(C)(=O)=O)cc3)=NN2S(=O)(=O)c2ccc(OC)cc2)cc1. The van der Waals surface area contributed by atoms with Crippen LogP contribution in [0.4, 0.5) is 5.69 Å². The Bertz CT molecular complexity index is 1430. The lowest BCUT2D eigenvalue weighted by Crippen LogP contribution is -2.27. The first-order valence-corrected chi connectivity index (χ1v) is 13.9. The van der Waals surface area contributed by atoms with Crippen LogP contribution in [0, 0.1) is 0 Å². The van der Waals surface area contributed by atoms with Crippen molar-refractivity contribution in [1.29, 1.82) is 0 Å². The maximum absolute atomic E-state index is 13.6. The highest BCUT2D eigenvalue weighted by atomic mass is 32.2. The molecule has 0 fully saturated rings. The average Bonchev–Trinajstić information content (AvgIpc) is 3.30. The number of methoxy groups -OCH3 is 2. The molecule has 1 heterocycles. The van der Waals surface area contributed by atoms with Gasteiger partial charge >= 0.3 is 0 Å². The lowest BCUT2D eigenvalue weighted by molar-refractivity contribution is 0.370. The van der Waals surface area contributed by atoms with Gasteiger partial charge in [-0.1, -0.05) is 24.3 Å². The predicted molar refractivity (Wildman–Crippen MR) is 134 cm³/mol. The number of benzene rings is 3. The number of nitrogens with zero attached hydrogens (tertiary/aromatic N) is 2. The second-order valence-corrected chi connectivity index (χ2v) is 11.5. The van der Waals surface area contributed by atoms with Crippen LogP contribution in [0.2, 0.25) is 0 Å². The lowest BCUT2D eigenvalue weighted by atomic mass is 9.99. The van der Waals surface area contributed by atoms with Crippen molar-refractivity contribution in [1.82, 2.24) is 4.41 Å². The molecule has 0 aromatic heterocycles. The molecule has 0 aliphatic carbocycles. The minimum atomic E-state index is -3.98. The first kappa shape index (κ1) is 24.6. The molecule has 4 rings (SSSR count). The minimum absolute atomic E-state index is 0.0921. The number of anilines is 1. The zero-order valence-corrected chi connectivity index (χ0v) is 21.0. The topological polar surface area (TPSA) is 114 Å². The first-order chi connectivity index (χ1) is 16.6. The molecule has 0 radical (unpaired) electrons. The highest BCUT2D eigenvalue weighted by Crippen LogP contribution is 2.38. The van der Waals surface area contributed by atoms with E-state index in [4.69, 9.17) is 9.47 Å². The van der Waals surface area contributed by atoms with Gasteiger partial charge in [0.2, 0.25) is 10.0 Å². The molecule has 1 atom stereocenters. The molecule has 0 spiro atoms. The number of nitrogens with one attached hydrogen (secondary N) is 1. The Kier molecular flexibility index (Phi) is 6.73. The molecule has 0 saturated carbocycles. The Hall–Kier alpha value is -3.57. The van der Waals surface area contributed by atoms with Crippen molar-refractivity contribution >= 4 is 31.4 Å². The number of hydrogen-bond acceptors (Lipinski definition) is 7. The molecule has 9 nitrogen and oxygen atoms in total. The van der Waals surface area contributed by atoms with E-state index in [2.05, 4.69) is 9.82 Å². The third-order valence-electron chi connectivity index (χ3n) is 5.50. The van der Waals surface area contributed by atoms with E-state index in [1.807, 2.05) is 12.1 Å². The van der Waals surface area contributed by atoms with E-state index in [0.29, 0.717) is 34.9 Å². The van der Waals surface area contributed by atoms with Crippen LogP contribution in [0.5, 0.6) is 11.5 Å². The predicted octanol–water partition coefficient (Wildman–Crippen LogP) is 3.62. The van der Waals surface area contributed by atoms with Crippen LogP contribution < -0.4 is 14.2 Å². The molecular formula is C24H25N3O6S2. The molecule has 1 N–H and O–H groups in total. The molecule has 3 aromatic rings. The monoisotopic (exact) mass is 515 g/mol. The third kappa shape index (κ3) is 5.41. The normalized spacial score (nSPS) is 16.0. The molecule has 1 aliphatic rings. The Morgan fingerprint density at radius 1 is 0.829 bits per heavy atom. The zero-order chi connectivity index (χ0) is 25.2. The number of hydrazone groups is 1. The van der Waals surface area contributed by atoms with Crippen molar-refractivity contribution < 1.29 is 26.3 Å². The van der Waals surface area contributed by atoms with Gasteiger partial charge in [0.05, 0.1) is 37.1 Å².